The van der Waals surface area contributed by atoms with Crippen LogP contribution in [0.3, 0.4) is 0 Å². The van der Waals surface area contributed by atoms with Crippen molar-refractivity contribution in [2.24, 2.45) is 5.73 Å². The van der Waals surface area contributed by atoms with Crippen molar-refractivity contribution >= 4 is 23.5 Å². The number of hydrogen-bond donors (Lipinski definition) is 2. The highest BCUT2D eigenvalue weighted by Gasteiger charge is 2.35. The van der Waals surface area contributed by atoms with Crippen LogP contribution < -0.4 is 10.6 Å². The minimum Gasteiger partial charge on any atom is -0.478 e. The van der Waals surface area contributed by atoms with Crippen LogP contribution in [0.1, 0.15) is 39.7 Å². The van der Waals surface area contributed by atoms with Crippen LogP contribution in [0, 0.1) is 19.7 Å². The molecule has 1 atom stereocenters. The number of carboxylic acids is 1. The lowest BCUT2D eigenvalue weighted by molar-refractivity contribution is -0.133. The van der Waals surface area contributed by atoms with Crippen molar-refractivity contribution in [2.45, 2.75) is 26.2 Å². The highest BCUT2D eigenvalue weighted by molar-refractivity contribution is 6.05. The Morgan fingerprint density at radius 3 is 2.45 bits per heavy atom. The molecule has 0 spiro atoms. The van der Waals surface area contributed by atoms with Gasteiger partial charge in [-0.3, -0.25) is 14.5 Å². The summed E-state index contributed by atoms with van der Waals surface area (Å²) in [6.07, 6.45) is 1.07. The van der Waals surface area contributed by atoms with E-state index in [2.05, 4.69) is 10.2 Å². The minimum atomic E-state index is -1.22. The maximum atomic E-state index is 13.3. The third-order valence-electron chi connectivity index (χ3n) is 5.43. The second-order valence-electron chi connectivity index (χ2n) is 7.64. The molecule has 0 saturated carbocycles. The van der Waals surface area contributed by atoms with Crippen LogP contribution >= 0.6 is 0 Å². The van der Waals surface area contributed by atoms with Crippen LogP contribution in [-0.2, 0) is 9.59 Å². The second kappa shape index (κ2) is 8.30. The van der Waals surface area contributed by atoms with Crippen LogP contribution in [0.15, 0.2) is 52.6 Å². The summed E-state index contributed by atoms with van der Waals surface area (Å²) in [5.74, 6) is -3.22. The summed E-state index contributed by atoms with van der Waals surface area (Å²) in [4.78, 5) is 38.3. The average Bonchev–Trinajstić information content (AvgIpc) is 3.19. The lowest BCUT2D eigenvalue weighted by atomic mass is 9.85. The van der Waals surface area contributed by atoms with Gasteiger partial charge in [-0.25, -0.2) is 9.18 Å². The second-order valence-corrected chi connectivity index (χ2v) is 7.64. The van der Waals surface area contributed by atoms with Crippen LogP contribution in [-0.4, -0.2) is 33.1 Å². The Labute approximate surface area is 187 Å². The smallest absolute Gasteiger partial charge is 0.333 e. The summed E-state index contributed by atoms with van der Waals surface area (Å²) in [6.45, 7) is 3.23. The number of aryl methyl sites for hydroxylation is 2. The van der Waals surface area contributed by atoms with Gasteiger partial charge in [0.2, 0.25) is 23.6 Å². The van der Waals surface area contributed by atoms with E-state index in [0.717, 1.165) is 0 Å². The zero-order valence-electron chi connectivity index (χ0n) is 17.7. The molecule has 3 N–H and O–H groups in total. The number of anilines is 1. The van der Waals surface area contributed by atoms with Gasteiger partial charge in [0.25, 0.3) is 0 Å². The standard InChI is InChI=1S/C23H19FN4O5/c1-11-7-19(17(8-15(11)21(25)30)22-27-26-12(2)33-22)28-10-18(23(31)32)16(9-20(28)29)13-3-5-14(24)6-4-13/h3-8,10,16H,9H2,1-2H3,(H2,25,30)(H,31,32)/t16-/m0/s1. The van der Waals surface area contributed by atoms with Crippen LogP contribution in [0.2, 0.25) is 0 Å². The van der Waals surface area contributed by atoms with E-state index in [1.165, 1.54) is 41.4 Å². The first-order valence-corrected chi connectivity index (χ1v) is 9.93. The number of benzene rings is 2. The molecule has 0 fully saturated rings. The highest BCUT2D eigenvalue weighted by atomic mass is 19.1. The Morgan fingerprint density at radius 1 is 1.18 bits per heavy atom. The predicted molar refractivity (Wildman–Crippen MR) is 115 cm³/mol. The zero-order valence-corrected chi connectivity index (χ0v) is 17.7. The number of nitrogens with zero attached hydrogens (tertiary/aromatic N) is 3. The van der Waals surface area contributed by atoms with E-state index in [0.29, 0.717) is 11.1 Å². The Hall–Kier alpha value is -4.34. The molecule has 0 aliphatic carbocycles. The first-order valence-electron chi connectivity index (χ1n) is 9.93. The summed E-state index contributed by atoms with van der Waals surface area (Å²) >= 11 is 0. The first-order chi connectivity index (χ1) is 15.7. The van der Waals surface area contributed by atoms with Crippen LogP contribution in [0.4, 0.5) is 10.1 Å². The molecule has 1 aliphatic heterocycles. The first kappa shape index (κ1) is 21.9. The van der Waals surface area contributed by atoms with Crippen molar-refractivity contribution in [3.05, 3.63) is 76.6 Å². The number of halogens is 1. The van der Waals surface area contributed by atoms with Gasteiger partial charge in [0.15, 0.2) is 0 Å². The number of carbonyl (C=O) groups is 3. The third-order valence-corrected chi connectivity index (χ3v) is 5.43. The Morgan fingerprint density at radius 2 is 1.88 bits per heavy atom. The molecule has 2 aromatic carbocycles. The van der Waals surface area contributed by atoms with Gasteiger partial charge in [-0.15, -0.1) is 10.2 Å². The maximum Gasteiger partial charge on any atom is 0.333 e. The Kier molecular flexibility index (Phi) is 5.50. The van der Waals surface area contributed by atoms with E-state index in [1.54, 1.807) is 19.9 Å². The largest absolute Gasteiger partial charge is 0.478 e. The van der Waals surface area contributed by atoms with Gasteiger partial charge in [-0.1, -0.05) is 12.1 Å². The molecular weight excluding hydrogens is 431 g/mol. The fourth-order valence-electron chi connectivity index (χ4n) is 3.82. The van der Waals surface area contributed by atoms with E-state index < -0.39 is 29.5 Å². The number of primary amides is 1. The monoisotopic (exact) mass is 450 g/mol. The summed E-state index contributed by atoms with van der Waals surface area (Å²) in [7, 11) is 0. The molecule has 33 heavy (non-hydrogen) atoms. The van der Waals surface area contributed by atoms with Crippen molar-refractivity contribution in [3.63, 3.8) is 0 Å². The van der Waals surface area contributed by atoms with E-state index in [1.807, 2.05) is 0 Å². The average molecular weight is 450 g/mol. The lowest BCUT2D eigenvalue weighted by Gasteiger charge is -2.30. The van der Waals surface area contributed by atoms with Gasteiger partial charge in [-0.05, 0) is 42.3 Å². The number of aromatic nitrogens is 2. The zero-order chi connectivity index (χ0) is 23.9. The molecule has 9 nitrogen and oxygen atoms in total. The molecule has 10 heteroatoms. The number of rotatable bonds is 5. The quantitative estimate of drug-likeness (QED) is 0.609. The van der Waals surface area contributed by atoms with Crippen molar-refractivity contribution in [1.29, 1.82) is 0 Å². The Balaban J connectivity index is 1.88. The van der Waals surface area contributed by atoms with E-state index in [9.17, 15) is 23.9 Å². The van der Waals surface area contributed by atoms with Crippen molar-refractivity contribution in [3.8, 4) is 11.5 Å². The minimum absolute atomic E-state index is 0.0451. The molecule has 1 aromatic heterocycles. The number of carbonyl (C=O) groups excluding carboxylic acids is 2. The summed E-state index contributed by atoms with van der Waals surface area (Å²) in [5, 5.41) is 17.6. The lowest BCUT2D eigenvalue weighted by Crippen LogP contribution is -2.34. The molecule has 0 saturated heterocycles. The molecular formula is C23H19FN4O5. The van der Waals surface area contributed by atoms with Gasteiger partial charge in [-0.2, -0.15) is 0 Å². The molecule has 168 valence electrons. The van der Waals surface area contributed by atoms with Gasteiger partial charge in [0.1, 0.15) is 5.82 Å². The molecule has 1 aliphatic rings. The maximum absolute atomic E-state index is 13.3. The fraction of sp³-hybridized carbons (Fsp3) is 0.174. The van der Waals surface area contributed by atoms with E-state index in [-0.39, 0.29) is 40.6 Å². The van der Waals surface area contributed by atoms with Gasteiger partial charge in [0, 0.05) is 31.0 Å². The number of nitrogens with two attached hydrogens (primary N) is 1. The van der Waals surface area contributed by atoms with E-state index in [4.69, 9.17) is 10.2 Å². The van der Waals surface area contributed by atoms with Crippen molar-refractivity contribution < 1.29 is 28.3 Å². The highest BCUT2D eigenvalue weighted by Crippen LogP contribution is 2.39. The molecule has 0 unspecified atom stereocenters. The van der Waals surface area contributed by atoms with Crippen molar-refractivity contribution in [1.82, 2.24) is 10.2 Å². The molecule has 3 aromatic rings. The van der Waals surface area contributed by atoms with Crippen molar-refractivity contribution in [2.75, 3.05) is 4.90 Å². The molecule has 0 radical (unpaired) electrons. The Bertz CT molecular complexity index is 1310. The number of aliphatic carboxylic acids is 1. The number of amides is 2. The van der Waals surface area contributed by atoms with Gasteiger partial charge >= 0.3 is 5.97 Å². The summed E-state index contributed by atoms with van der Waals surface area (Å²) in [6, 6.07) is 8.33. The summed E-state index contributed by atoms with van der Waals surface area (Å²) < 4.78 is 18.8. The van der Waals surface area contributed by atoms with Crippen LogP contribution in [0.5, 0.6) is 0 Å². The van der Waals surface area contributed by atoms with Crippen LogP contribution in [0.25, 0.3) is 11.5 Å². The topological polar surface area (TPSA) is 140 Å². The molecule has 0 bridgehead atoms. The van der Waals surface area contributed by atoms with Gasteiger partial charge < -0.3 is 15.3 Å². The SMILES string of the molecule is Cc1nnc(-c2cc(C(N)=O)c(C)cc2N2C=C(C(=O)O)[C@H](c3ccc(F)cc3)CC2=O)o1. The van der Waals surface area contributed by atoms with Gasteiger partial charge in [0.05, 0.1) is 16.8 Å². The predicted octanol–water partition coefficient (Wildman–Crippen LogP) is 3.08. The molecule has 2 heterocycles. The van der Waals surface area contributed by atoms with E-state index >= 15 is 0 Å². The summed E-state index contributed by atoms with van der Waals surface area (Å²) in [5.41, 5.74) is 7.13. The fourth-order valence-corrected chi connectivity index (χ4v) is 3.82. The normalized spacial score (nSPS) is 16.0. The molecule has 4 rings (SSSR count). The number of carboxylic acid groups (broad SMARTS) is 1. The third kappa shape index (κ3) is 4.10. The number of hydrogen-bond acceptors (Lipinski definition) is 6. The molecule has 2 amide bonds.